The van der Waals surface area contributed by atoms with E-state index in [0.717, 1.165) is 5.52 Å². The molecular weight excluding hydrogens is 615 g/mol. The fourth-order valence-electron chi connectivity index (χ4n) is 7.93. The number of para-hydroxylation sites is 1. The van der Waals surface area contributed by atoms with E-state index in [-0.39, 0.29) is 0 Å². The van der Waals surface area contributed by atoms with Gasteiger partial charge in [0.15, 0.2) is 0 Å². The summed E-state index contributed by atoms with van der Waals surface area (Å²) in [5, 5.41) is 7.52. The maximum Gasteiger partial charge on any atom is 0.0465 e. The lowest BCUT2D eigenvalue weighted by Crippen LogP contribution is -1.93. The van der Waals surface area contributed by atoms with Gasteiger partial charge in [-0.2, -0.15) is 0 Å². The second-order valence-electron chi connectivity index (χ2n) is 13.4. The van der Waals surface area contributed by atoms with Crippen LogP contribution >= 0.6 is 0 Å². The van der Waals surface area contributed by atoms with Gasteiger partial charge in [-0.1, -0.05) is 164 Å². The largest absolute Gasteiger partial charge is 0.355 e. The molecule has 0 spiro atoms. The molecule has 0 amide bonds. The number of rotatable bonds is 5. The molecule has 9 aromatic carbocycles. The molecule has 0 aliphatic heterocycles. The lowest BCUT2D eigenvalue weighted by molar-refractivity contribution is 1.54. The van der Waals surface area contributed by atoms with Crippen molar-refractivity contribution in [2.75, 3.05) is 0 Å². The van der Waals surface area contributed by atoms with Crippen LogP contribution in [0.4, 0.5) is 0 Å². The molecule has 10 aromatic rings. The van der Waals surface area contributed by atoms with Gasteiger partial charge in [-0.3, -0.25) is 0 Å². The van der Waals surface area contributed by atoms with Crippen LogP contribution in [-0.2, 0) is 0 Å². The van der Waals surface area contributed by atoms with Crippen molar-refractivity contribution >= 4 is 43.4 Å². The molecule has 0 bridgehead atoms. The molecule has 0 saturated carbocycles. The average Bonchev–Trinajstić information content (AvgIpc) is 3.59. The smallest absolute Gasteiger partial charge is 0.0465 e. The predicted octanol–water partition coefficient (Wildman–Crippen LogP) is 14.0. The number of hydrogen-bond donors (Lipinski definition) is 1. The zero-order chi connectivity index (χ0) is 33.7. The van der Waals surface area contributed by atoms with Crippen LogP contribution in [0, 0.1) is 0 Å². The molecule has 51 heavy (non-hydrogen) atoms. The Bertz CT molecular complexity index is 2860. The van der Waals surface area contributed by atoms with Gasteiger partial charge in [0.2, 0.25) is 0 Å². The second kappa shape index (κ2) is 12.0. The highest BCUT2D eigenvalue weighted by Crippen LogP contribution is 2.46. The summed E-state index contributed by atoms with van der Waals surface area (Å²) in [6.45, 7) is 0. The highest BCUT2D eigenvalue weighted by atomic mass is 14.7. The van der Waals surface area contributed by atoms with Gasteiger partial charge in [-0.15, -0.1) is 0 Å². The van der Waals surface area contributed by atoms with Crippen molar-refractivity contribution in [2.45, 2.75) is 0 Å². The first-order valence-corrected chi connectivity index (χ1v) is 17.6. The van der Waals surface area contributed by atoms with Gasteiger partial charge in [-0.25, -0.2) is 0 Å². The third kappa shape index (κ3) is 5.02. The van der Waals surface area contributed by atoms with E-state index in [4.69, 9.17) is 0 Å². The van der Waals surface area contributed by atoms with Gasteiger partial charge in [0.05, 0.1) is 0 Å². The van der Waals surface area contributed by atoms with E-state index in [1.54, 1.807) is 0 Å². The number of fused-ring (bicyclic) bond motifs is 5. The van der Waals surface area contributed by atoms with Crippen molar-refractivity contribution in [3.8, 4) is 55.6 Å². The number of H-pyrrole nitrogens is 1. The number of aromatic amines is 1. The van der Waals surface area contributed by atoms with E-state index in [9.17, 15) is 0 Å². The van der Waals surface area contributed by atoms with Crippen LogP contribution in [0.3, 0.4) is 0 Å². The second-order valence-corrected chi connectivity index (χ2v) is 13.4. The Kier molecular flexibility index (Phi) is 6.89. The molecule has 1 nitrogen and oxygen atoms in total. The standard InChI is InChI=1S/C50H33N/c1-4-12-33(13-5-1)38-25-28-43-45(31-38)49(36-16-8-3-9-17-36)42-27-24-39(34-14-6-2-7-15-34)32-46(42)50(43)37-22-20-35(21-23-37)40-26-29-48-44(30-40)41-18-10-11-19-47(41)51-48/h1-32,51H. The summed E-state index contributed by atoms with van der Waals surface area (Å²) in [6, 6.07) is 70.8. The molecule has 1 heteroatoms. The number of hydrogen-bond acceptors (Lipinski definition) is 0. The Morgan fingerprint density at radius 2 is 0.588 bits per heavy atom. The van der Waals surface area contributed by atoms with Crippen LogP contribution in [0.15, 0.2) is 194 Å². The lowest BCUT2D eigenvalue weighted by atomic mass is 9.83. The maximum absolute atomic E-state index is 3.57. The number of nitrogens with one attached hydrogen (secondary N) is 1. The van der Waals surface area contributed by atoms with Crippen LogP contribution in [0.1, 0.15) is 0 Å². The molecule has 238 valence electrons. The molecule has 0 aliphatic rings. The van der Waals surface area contributed by atoms with Gasteiger partial charge >= 0.3 is 0 Å². The van der Waals surface area contributed by atoms with E-state index in [1.807, 2.05) is 0 Å². The summed E-state index contributed by atoms with van der Waals surface area (Å²) in [7, 11) is 0. The van der Waals surface area contributed by atoms with Crippen molar-refractivity contribution < 1.29 is 0 Å². The zero-order valence-electron chi connectivity index (χ0n) is 28.0. The van der Waals surface area contributed by atoms with E-state index in [2.05, 4.69) is 199 Å². The number of benzene rings is 9. The van der Waals surface area contributed by atoms with Crippen molar-refractivity contribution in [2.24, 2.45) is 0 Å². The first kappa shape index (κ1) is 29.2. The van der Waals surface area contributed by atoms with Crippen molar-refractivity contribution in [3.05, 3.63) is 194 Å². The third-order valence-electron chi connectivity index (χ3n) is 10.4. The third-order valence-corrected chi connectivity index (χ3v) is 10.4. The molecule has 10 rings (SSSR count). The maximum atomic E-state index is 3.57. The summed E-state index contributed by atoms with van der Waals surface area (Å²) in [4.78, 5) is 3.57. The van der Waals surface area contributed by atoms with Crippen molar-refractivity contribution in [1.82, 2.24) is 4.98 Å². The van der Waals surface area contributed by atoms with Crippen LogP contribution in [-0.4, -0.2) is 4.98 Å². The highest BCUT2D eigenvalue weighted by Gasteiger charge is 2.19. The topological polar surface area (TPSA) is 15.8 Å². The molecule has 0 unspecified atom stereocenters. The molecule has 0 atom stereocenters. The van der Waals surface area contributed by atoms with Crippen LogP contribution in [0.2, 0.25) is 0 Å². The van der Waals surface area contributed by atoms with E-state index < -0.39 is 0 Å². The molecule has 0 fully saturated rings. The van der Waals surface area contributed by atoms with Crippen molar-refractivity contribution in [3.63, 3.8) is 0 Å². The van der Waals surface area contributed by atoms with Gasteiger partial charge in [-0.05, 0) is 108 Å². The number of aromatic nitrogens is 1. The summed E-state index contributed by atoms with van der Waals surface area (Å²) in [6.07, 6.45) is 0. The van der Waals surface area contributed by atoms with E-state index >= 15 is 0 Å². The summed E-state index contributed by atoms with van der Waals surface area (Å²) < 4.78 is 0. The first-order chi connectivity index (χ1) is 25.3. The Morgan fingerprint density at radius 3 is 1.16 bits per heavy atom. The summed E-state index contributed by atoms with van der Waals surface area (Å²) in [5.74, 6) is 0. The Balaban J connectivity index is 1.22. The molecule has 0 saturated heterocycles. The molecular formula is C50H33N. The zero-order valence-corrected chi connectivity index (χ0v) is 28.0. The normalized spacial score (nSPS) is 11.5. The minimum Gasteiger partial charge on any atom is -0.355 e. The minimum atomic E-state index is 1.16. The summed E-state index contributed by atoms with van der Waals surface area (Å²) >= 11 is 0. The first-order valence-electron chi connectivity index (χ1n) is 17.6. The van der Waals surface area contributed by atoms with Crippen LogP contribution in [0.5, 0.6) is 0 Å². The molecule has 1 heterocycles. The molecule has 1 aromatic heterocycles. The fourth-order valence-corrected chi connectivity index (χ4v) is 7.93. The predicted molar refractivity (Wildman–Crippen MR) is 218 cm³/mol. The van der Waals surface area contributed by atoms with Gasteiger partial charge in [0.1, 0.15) is 0 Å². The highest BCUT2D eigenvalue weighted by molar-refractivity contribution is 6.22. The van der Waals surface area contributed by atoms with E-state index in [0.29, 0.717) is 0 Å². The monoisotopic (exact) mass is 647 g/mol. The van der Waals surface area contributed by atoms with Crippen LogP contribution in [0.25, 0.3) is 99.0 Å². The fraction of sp³-hybridized carbons (Fsp3) is 0. The SMILES string of the molecule is c1ccc(-c2ccc3c(-c4ccc(-c5ccc6[nH]c7ccccc7c6c5)cc4)c4cc(-c5ccccc5)ccc4c(-c4ccccc4)c3c2)cc1. The van der Waals surface area contributed by atoms with Gasteiger partial charge in [0.25, 0.3) is 0 Å². The lowest BCUT2D eigenvalue weighted by Gasteiger charge is -2.20. The molecule has 1 N–H and O–H groups in total. The quantitative estimate of drug-likeness (QED) is 0.179. The Morgan fingerprint density at radius 1 is 0.216 bits per heavy atom. The van der Waals surface area contributed by atoms with Gasteiger partial charge in [0, 0.05) is 21.8 Å². The van der Waals surface area contributed by atoms with E-state index in [1.165, 1.54) is 93.5 Å². The van der Waals surface area contributed by atoms with Crippen LogP contribution < -0.4 is 0 Å². The minimum absolute atomic E-state index is 1.16. The summed E-state index contributed by atoms with van der Waals surface area (Å²) in [5.41, 5.74) is 14.6. The molecule has 0 aliphatic carbocycles. The molecule has 0 radical (unpaired) electrons. The van der Waals surface area contributed by atoms with Crippen molar-refractivity contribution in [1.29, 1.82) is 0 Å². The average molecular weight is 648 g/mol. The van der Waals surface area contributed by atoms with Gasteiger partial charge < -0.3 is 4.98 Å². The Hall–Kier alpha value is -6.70. The Labute approximate surface area is 297 Å².